The Labute approximate surface area is 153 Å². The first kappa shape index (κ1) is 16.6. The third kappa shape index (κ3) is 3.54. The van der Waals surface area contributed by atoms with Gasteiger partial charge in [-0.25, -0.2) is 9.97 Å². The van der Waals surface area contributed by atoms with Crippen LogP contribution in [0.4, 0.5) is 11.8 Å². The SMILES string of the molecule is Cc1cc(N2CCC(c3nccn3Cc3ccccc3)CC2)nc(N)n1. The molecule has 0 unspecified atom stereocenters. The van der Waals surface area contributed by atoms with Crippen molar-refractivity contribution in [2.24, 2.45) is 0 Å². The molecule has 6 heteroatoms. The number of nitrogens with two attached hydrogens (primary N) is 1. The van der Waals surface area contributed by atoms with E-state index in [1.807, 2.05) is 19.2 Å². The summed E-state index contributed by atoms with van der Waals surface area (Å²) in [6, 6.07) is 12.5. The zero-order valence-electron chi connectivity index (χ0n) is 15.0. The smallest absolute Gasteiger partial charge is 0.222 e. The molecular formula is C20H24N6. The van der Waals surface area contributed by atoms with Crippen LogP contribution in [-0.4, -0.2) is 32.6 Å². The lowest BCUT2D eigenvalue weighted by Gasteiger charge is -2.32. The molecule has 4 rings (SSSR count). The summed E-state index contributed by atoms with van der Waals surface area (Å²) in [7, 11) is 0. The zero-order valence-corrected chi connectivity index (χ0v) is 15.0. The van der Waals surface area contributed by atoms with E-state index in [-0.39, 0.29) is 0 Å². The number of piperidine rings is 1. The lowest BCUT2D eigenvalue weighted by molar-refractivity contribution is 0.468. The Morgan fingerprint density at radius 1 is 1.12 bits per heavy atom. The molecule has 0 atom stereocenters. The average Bonchev–Trinajstić information content (AvgIpc) is 3.10. The highest BCUT2D eigenvalue weighted by atomic mass is 15.2. The Balaban J connectivity index is 1.45. The van der Waals surface area contributed by atoms with Gasteiger partial charge >= 0.3 is 0 Å². The van der Waals surface area contributed by atoms with Gasteiger partial charge in [-0.3, -0.25) is 0 Å². The minimum atomic E-state index is 0.348. The standard InChI is InChI=1S/C20H24N6/c1-15-13-18(24-20(21)23-15)25-10-7-17(8-11-25)19-22-9-12-26(19)14-16-5-3-2-4-6-16/h2-6,9,12-13,17H,7-8,10-11,14H2,1H3,(H2,21,23,24). The van der Waals surface area contributed by atoms with E-state index in [2.05, 4.69) is 60.9 Å². The lowest BCUT2D eigenvalue weighted by atomic mass is 9.95. The van der Waals surface area contributed by atoms with Crippen molar-refractivity contribution < 1.29 is 0 Å². The van der Waals surface area contributed by atoms with Gasteiger partial charge in [-0.2, -0.15) is 4.98 Å². The predicted molar refractivity (Wildman–Crippen MR) is 103 cm³/mol. The molecule has 1 saturated heterocycles. The highest BCUT2D eigenvalue weighted by Crippen LogP contribution is 2.29. The van der Waals surface area contributed by atoms with Crippen molar-refractivity contribution in [2.45, 2.75) is 32.2 Å². The largest absolute Gasteiger partial charge is 0.368 e. The van der Waals surface area contributed by atoms with E-state index in [0.29, 0.717) is 11.9 Å². The van der Waals surface area contributed by atoms with Gasteiger partial charge < -0.3 is 15.2 Å². The van der Waals surface area contributed by atoms with Crippen molar-refractivity contribution in [2.75, 3.05) is 23.7 Å². The van der Waals surface area contributed by atoms with Gasteiger partial charge in [0.1, 0.15) is 11.6 Å². The maximum Gasteiger partial charge on any atom is 0.222 e. The molecule has 0 radical (unpaired) electrons. The second-order valence-corrected chi connectivity index (χ2v) is 6.89. The van der Waals surface area contributed by atoms with Gasteiger partial charge in [0.05, 0.1) is 0 Å². The molecule has 1 aliphatic heterocycles. The van der Waals surface area contributed by atoms with Crippen LogP contribution in [-0.2, 0) is 6.54 Å². The molecular weight excluding hydrogens is 324 g/mol. The van der Waals surface area contributed by atoms with E-state index in [4.69, 9.17) is 5.73 Å². The van der Waals surface area contributed by atoms with Crippen molar-refractivity contribution in [1.29, 1.82) is 0 Å². The highest BCUT2D eigenvalue weighted by molar-refractivity contribution is 5.43. The summed E-state index contributed by atoms with van der Waals surface area (Å²) in [6.45, 7) is 4.74. The van der Waals surface area contributed by atoms with Gasteiger partial charge in [0.15, 0.2) is 0 Å². The van der Waals surface area contributed by atoms with E-state index in [1.165, 1.54) is 11.4 Å². The fourth-order valence-corrected chi connectivity index (χ4v) is 3.70. The summed E-state index contributed by atoms with van der Waals surface area (Å²) in [6.07, 6.45) is 6.13. The average molecular weight is 348 g/mol. The minimum Gasteiger partial charge on any atom is -0.368 e. The van der Waals surface area contributed by atoms with Crippen molar-refractivity contribution in [3.8, 4) is 0 Å². The van der Waals surface area contributed by atoms with Crippen LogP contribution in [0.1, 0.15) is 35.8 Å². The minimum absolute atomic E-state index is 0.348. The van der Waals surface area contributed by atoms with Crippen LogP contribution >= 0.6 is 0 Å². The van der Waals surface area contributed by atoms with Crippen molar-refractivity contribution in [3.63, 3.8) is 0 Å². The van der Waals surface area contributed by atoms with E-state index in [1.54, 1.807) is 0 Å². The molecule has 1 fully saturated rings. The van der Waals surface area contributed by atoms with Crippen LogP contribution in [0.25, 0.3) is 0 Å². The monoisotopic (exact) mass is 348 g/mol. The molecule has 134 valence electrons. The number of hydrogen-bond acceptors (Lipinski definition) is 5. The normalized spacial score (nSPS) is 15.3. The first-order valence-electron chi connectivity index (χ1n) is 9.10. The molecule has 1 aromatic carbocycles. The third-order valence-electron chi connectivity index (χ3n) is 4.99. The Morgan fingerprint density at radius 3 is 2.62 bits per heavy atom. The zero-order chi connectivity index (χ0) is 17.9. The number of benzene rings is 1. The maximum atomic E-state index is 5.80. The van der Waals surface area contributed by atoms with Gasteiger partial charge in [-0.15, -0.1) is 0 Å². The van der Waals surface area contributed by atoms with Crippen LogP contribution in [0, 0.1) is 6.92 Å². The summed E-state index contributed by atoms with van der Waals surface area (Å²) in [5.41, 5.74) is 8.01. The van der Waals surface area contributed by atoms with Crippen LogP contribution in [0.2, 0.25) is 0 Å². The molecule has 2 N–H and O–H groups in total. The van der Waals surface area contributed by atoms with Gasteiger partial charge in [0, 0.05) is 49.7 Å². The molecule has 0 aliphatic carbocycles. The van der Waals surface area contributed by atoms with Gasteiger partial charge in [-0.1, -0.05) is 30.3 Å². The molecule has 3 heterocycles. The molecule has 6 nitrogen and oxygen atoms in total. The first-order chi connectivity index (χ1) is 12.7. The first-order valence-corrected chi connectivity index (χ1v) is 9.10. The Morgan fingerprint density at radius 2 is 1.88 bits per heavy atom. The van der Waals surface area contributed by atoms with E-state index in [0.717, 1.165) is 44.0 Å². The topological polar surface area (TPSA) is 72.9 Å². The fraction of sp³-hybridized carbons (Fsp3) is 0.350. The van der Waals surface area contributed by atoms with E-state index < -0.39 is 0 Å². The summed E-state index contributed by atoms with van der Waals surface area (Å²) in [4.78, 5) is 15.5. The molecule has 2 aromatic heterocycles. The number of imidazole rings is 1. The molecule has 0 amide bonds. The molecule has 0 saturated carbocycles. The number of aryl methyl sites for hydroxylation is 1. The lowest BCUT2D eigenvalue weighted by Crippen LogP contribution is -2.34. The summed E-state index contributed by atoms with van der Waals surface area (Å²) in [5.74, 6) is 2.94. The third-order valence-corrected chi connectivity index (χ3v) is 4.99. The number of nitrogen functional groups attached to an aromatic ring is 1. The Hall–Kier alpha value is -2.89. The summed E-state index contributed by atoms with van der Waals surface area (Å²) < 4.78 is 2.28. The number of rotatable bonds is 4. The van der Waals surface area contributed by atoms with Crippen LogP contribution < -0.4 is 10.6 Å². The van der Waals surface area contributed by atoms with Gasteiger partial charge in [-0.05, 0) is 25.3 Å². The van der Waals surface area contributed by atoms with Crippen molar-refractivity contribution >= 4 is 11.8 Å². The summed E-state index contributed by atoms with van der Waals surface area (Å²) in [5, 5.41) is 0. The Bertz CT molecular complexity index is 845. The number of aromatic nitrogens is 4. The van der Waals surface area contributed by atoms with Gasteiger partial charge in [0.2, 0.25) is 5.95 Å². The van der Waals surface area contributed by atoms with E-state index in [9.17, 15) is 0 Å². The summed E-state index contributed by atoms with van der Waals surface area (Å²) >= 11 is 0. The molecule has 1 aliphatic rings. The Kier molecular flexibility index (Phi) is 4.56. The highest BCUT2D eigenvalue weighted by Gasteiger charge is 2.25. The molecule has 3 aromatic rings. The maximum absolute atomic E-state index is 5.80. The molecule has 0 spiro atoms. The molecule has 26 heavy (non-hydrogen) atoms. The van der Waals surface area contributed by atoms with Gasteiger partial charge in [0.25, 0.3) is 0 Å². The van der Waals surface area contributed by atoms with Crippen molar-refractivity contribution in [3.05, 3.63) is 65.9 Å². The predicted octanol–water partition coefficient (Wildman–Crippen LogP) is 3.00. The van der Waals surface area contributed by atoms with Crippen molar-refractivity contribution in [1.82, 2.24) is 19.5 Å². The number of nitrogens with zero attached hydrogens (tertiary/aromatic N) is 5. The van der Waals surface area contributed by atoms with Crippen LogP contribution in [0.3, 0.4) is 0 Å². The van der Waals surface area contributed by atoms with Crippen LogP contribution in [0.5, 0.6) is 0 Å². The molecule has 0 bridgehead atoms. The number of hydrogen-bond donors (Lipinski definition) is 1. The second-order valence-electron chi connectivity index (χ2n) is 6.89. The quantitative estimate of drug-likeness (QED) is 0.785. The van der Waals surface area contributed by atoms with Crippen LogP contribution in [0.15, 0.2) is 48.8 Å². The number of anilines is 2. The van der Waals surface area contributed by atoms with E-state index >= 15 is 0 Å². The fourth-order valence-electron chi connectivity index (χ4n) is 3.70. The second kappa shape index (κ2) is 7.15.